The fourth-order valence-corrected chi connectivity index (χ4v) is 3.65. The third-order valence-electron chi connectivity index (χ3n) is 4.77. The summed E-state index contributed by atoms with van der Waals surface area (Å²) in [7, 11) is 0. The Morgan fingerprint density at radius 3 is 1.65 bits per heavy atom. The summed E-state index contributed by atoms with van der Waals surface area (Å²) in [5, 5.41) is 0. The predicted octanol–water partition coefficient (Wildman–Crippen LogP) is 5.02. The summed E-state index contributed by atoms with van der Waals surface area (Å²) >= 11 is 0. The van der Waals surface area contributed by atoms with Gasteiger partial charge in [0.05, 0.1) is 0 Å². The fraction of sp³-hybridized carbons (Fsp3) is 0.263. The fourth-order valence-electron chi connectivity index (χ4n) is 3.65. The molecule has 4 heteroatoms. The molecule has 2 aromatic carbocycles. The molecule has 0 saturated heterocycles. The molecule has 5 rings (SSSR count). The van der Waals surface area contributed by atoms with Crippen LogP contribution in [0.25, 0.3) is 22.2 Å². The molecule has 0 spiro atoms. The molecule has 0 aliphatic heterocycles. The first-order valence-electron chi connectivity index (χ1n) is 8.09. The van der Waals surface area contributed by atoms with Crippen LogP contribution < -0.4 is 0 Å². The van der Waals surface area contributed by atoms with Crippen LogP contribution in [0.2, 0.25) is 0 Å². The Kier molecular flexibility index (Phi) is 2.77. The van der Waals surface area contributed by atoms with Gasteiger partial charge in [0.1, 0.15) is 11.0 Å². The molecule has 1 saturated carbocycles. The van der Waals surface area contributed by atoms with Crippen LogP contribution in [0.5, 0.6) is 0 Å². The number of oxazole rings is 2. The maximum Gasteiger partial charge on any atom is 0.199 e. The number of rotatable bonds is 2. The lowest BCUT2D eigenvalue weighted by molar-refractivity contribution is 0.399. The van der Waals surface area contributed by atoms with Gasteiger partial charge in [-0.15, -0.1) is 0 Å². The minimum Gasteiger partial charge on any atom is -0.440 e. The number of hydrogen-bond donors (Lipinski definition) is 0. The summed E-state index contributed by atoms with van der Waals surface area (Å²) in [5.74, 6) is 2.12. The topological polar surface area (TPSA) is 52.1 Å². The van der Waals surface area contributed by atoms with Gasteiger partial charge in [0.2, 0.25) is 0 Å². The monoisotopic (exact) mass is 304 g/mol. The second-order valence-electron chi connectivity index (χ2n) is 6.18. The van der Waals surface area contributed by atoms with E-state index < -0.39 is 0 Å². The highest BCUT2D eigenvalue weighted by Gasteiger charge is 2.36. The van der Waals surface area contributed by atoms with Crippen LogP contribution in [0.15, 0.2) is 57.4 Å². The number of aromatic nitrogens is 2. The Balaban J connectivity index is 1.56. The van der Waals surface area contributed by atoms with E-state index in [2.05, 4.69) is 9.97 Å². The van der Waals surface area contributed by atoms with E-state index in [1.54, 1.807) is 0 Å². The summed E-state index contributed by atoms with van der Waals surface area (Å²) in [6.07, 6.45) is 3.28. The van der Waals surface area contributed by atoms with Crippen LogP contribution in [0.4, 0.5) is 0 Å². The van der Waals surface area contributed by atoms with E-state index in [9.17, 15) is 0 Å². The Morgan fingerprint density at radius 1 is 0.696 bits per heavy atom. The van der Waals surface area contributed by atoms with Gasteiger partial charge in [-0.3, -0.25) is 0 Å². The highest BCUT2D eigenvalue weighted by Crippen LogP contribution is 2.46. The number of nitrogens with zero attached hydrogens (tertiary/aromatic N) is 2. The van der Waals surface area contributed by atoms with Crippen molar-refractivity contribution in [3.8, 4) is 0 Å². The molecule has 2 unspecified atom stereocenters. The molecule has 4 aromatic rings. The SMILES string of the molecule is c1ccc2oc(C3CCCC3c3nc4ccccc4o3)nc2c1. The smallest absolute Gasteiger partial charge is 0.199 e. The number of fused-ring (bicyclic) bond motifs is 2. The zero-order valence-corrected chi connectivity index (χ0v) is 12.6. The summed E-state index contributed by atoms with van der Waals surface area (Å²) in [4.78, 5) is 9.38. The predicted molar refractivity (Wildman–Crippen MR) is 87.4 cm³/mol. The van der Waals surface area contributed by atoms with Crippen molar-refractivity contribution in [2.75, 3.05) is 0 Å². The lowest BCUT2D eigenvalue weighted by atomic mass is 9.96. The lowest BCUT2D eigenvalue weighted by Gasteiger charge is -2.12. The number of benzene rings is 2. The zero-order valence-electron chi connectivity index (χ0n) is 12.6. The molecule has 114 valence electrons. The summed E-state index contributed by atoms with van der Waals surface area (Å²) in [6.45, 7) is 0. The van der Waals surface area contributed by atoms with Crippen molar-refractivity contribution >= 4 is 22.2 Å². The van der Waals surface area contributed by atoms with Crippen LogP contribution in [0.1, 0.15) is 42.9 Å². The molecule has 1 fully saturated rings. The molecular weight excluding hydrogens is 288 g/mol. The van der Waals surface area contributed by atoms with E-state index in [0.717, 1.165) is 53.2 Å². The summed E-state index contributed by atoms with van der Waals surface area (Å²) < 4.78 is 12.0. The molecule has 23 heavy (non-hydrogen) atoms. The van der Waals surface area contributed by atoms with Crippen molar-refractivity contribution in [3.05, 3.63) is 60.3 Å². The first kappa shape index (κ1) is 12.9. The maximum absolute atomic E-state index is 6.00. The largest absolute Gasteiger partial charge is 0.440 e. The van der Waals surface area contributed by atoms with Crippen molar-refractivity contribution in [3.63, 3.8) is 0 Å². The molecule has 1 aliphatic carbocycles. The Morgan fingerprint density at radius 2 is 1.17 bits per heavy atom. The molecule has 2 aromatic heterocycles. The summed E-state index contributed by atoms with van der Waals surface area (Å²) in [5.41, 5.74) is 3.55. The van der Waals surface area contributed by atoms with Crippen molar-refractivity contribution < 1.29 is 8.83 Å². The van der Waals surface area contributed by atoms with Gasteiger partial charge in [0, 0.05) is 11.8 Å². The zero-order chi connectivity index (χ0) is 15.2. The van der Waals surface area contributed by atoms with E-state index in [4.69, 9.17) is 8.83 Å². The third kappa shape index (κ3) is 2.05. The van der Waals surface area contributed by atoms with Gasteiger partial charge < -0.3 is 8.83 Å². The van der Waals surface area contributed by atoms with Gasteiger partial charge in [-0.25, -0.2) is 9.97 Å². The van der Waals surface area contributed by atoms with E-state index in [1.807, 2.05) is 48.5 Å². The first-order chi connectivity index (χ1) is 11.4. The van der Waals surface area contributed by atoms with Crippen LogP contribution in [0, 0.1) is 0 Å². The average molecular weight is 304 g/mol. The molecule has 0 radical (unpaired) electrons. The second-order valence-corrected chi connectivity index (χ2v) is 6.18. The maximum atomic E-state index is 6.00. The molecule has 0 N–H and O–H groups in total. The Hall–Kier alpha value is -2.62. The van der Waals surface area contributed by atoms with Gasteiger partial charge in [-0.05, 0) is 37.1 Å². The molecule has 0 bridgehead atoms. The molecule has 0 amide bonds. The van der Waals surface area contributed by atoms with Crippen LogP contribution in [-0.4, -0.2) is 9.97 Å². The van der Waals surface area contributed by atoms with E-state index in [0.29, 0.717) is 0 Å². The van der Waals surface area contributed by atoms with E-state index >= 15 is 0 Å². The van der Waals surface area contributed by atoms with Crippen molar-refractivity contribution in [1.82, 2.24) is 9.97 Å². The summed E-state index contributed by atoms with van der Waals surface area (Å²) in [6, 6.07) is 15.8. The average Bonchev–Trinajstić information content (AvgIpc) is 3.30. The number of para-hydroxylation sites is 4. The van der Waals surface area contributed by atoms with Crippen LogP contribution >= 0.6 is 0 Å². The van der Waals surface area contributed by atoms with Gasteiger partial charge in [-0.1, -0.05) is 30.7 Å². The molecular formula is C19H16N2O2. The van der Waals surface area contributed by atoms with Crippen LogP contribution in [0.3, 0.4) is 0 Å². The van der Waals surface area contributed by atoms with Crippen LogP contribution in [-0.2, 0) is 0 Å². The quantitative estimate of drug-likeness (QED) is 0.521. The van der Waals surface area contributed by atoms with Crippen molar-refractivity contribution in [2.45, 2.75) is 31.1 Å². The van der Waals surface area contributed by atoms with Crippen molar-refractivity contribution in [2.24, 2.45) is 0 Å². The first-order valence-corrected chi connectivity index (χ1v) is 8.09. The Labute approximate surface area is 133 Å². The van der Waals surface area contributed by atoms with Gasteiger partial charge in [0.25, 0.3) is 0 Å². The number of hydrogen-bond acceptors (Lipinski definition) is 4. The Bertz CT molecular complexity index is 839. The van der Waals surface area contributed by atoms with Crippen molar-refractivity contribution in [1.29, 1.82) is 0 Å². The standard InChI is InChI=1S/C19H16N2O2/c1-3-10-16-14(8-1)20-18(22-16)12-6-5-7-13(12)19-21-15-9-2-4-11-17(15)23-19/h1-4,8-13H,5-7H2. The van der Waals surface area contributed by atoms with E-state index in [1.165, 1.54) is 0 Å². The normalized spacial score (nSPS) is 21.4. The molecule has 2 atom stereocenters. The minimum atomic E-state index is 0.246. The second kappa shape index (κ2) is 4.95. The minimum absolute atomic E-state index is 0.246. The molecule has 4 nitrogen and oxygen atoms in total. The van der Waals surface area contributed by atoms with Gasteiger partial charge >= 0.3 is 0 Å². The highest BCUT2D eigenvalue weighted by atomic mass is 16.4. The molecule has 2 heterocycles. The van der Waals surface area contributed by atoms with Gasteiger partial charge in [-0.2, -0.15) is 0 Å². The highest BCUT2D eigenvalue weighted by molar-refractivity contribution is 5.73. The van der Waals surface area contributed by atoms with Gasteiger partial charge in [0.15, 0.2) is 22.9 Å². The third-order valence-corrected chi connectivity index (χ3v) is 4.77. The lowest BCUT2D eigenvalue weighted by Crippen LogP contribution is -2.05. The van der Waals surface area contributed by atoms with E-state index in [-0.39, 0.29) is 11.8 Å². The molecule has 1 aliphatic rings.